The van der Waals surface area contributed by atoms with Crippen LogP contribution in [0, 0.1) is 5.41 Å². The number of carbonyl (C=O) groups excluding carboxylic acids is 1. The van der Waals surface area contributed by atoms with Crippen LogP contribution in [0.2, 0.25) is 0 Å². The third-order valence-electron chi connectivity index (χ3n) is 5.66. The lowest BCUT2D eigenvalue weighted by atomic mass is 9.68. The standard InChI is InChI=1S/C16H29N3O/c20-15(19-12-8-17-9-13-19)14-18-10-6-16(7-11-18)4-2-1-3-5-16/h17H,1-14H2. The molecule has 0 radical (unpaired) electrons. The zero-order chi connectivity index (χ0) is 13.8. The number of hydrogen-bond acceptors (Lipinski definition) is 3. The zero-order valence-electron chi connectivity index (χ0n) is 12.7. The number of hydrogen-bond donors (Lipinski definition) is 1. The summed E-state index contributed by atoms with van der Waals surface area (Å²) in [6, 6.07) is 0. The van der Waals surface area contributed by atoms with Crippen LogP contribution in [0.3, 0.4) is 0 Å². The van der Waals surface area contributed by atoms with Crippen LogP contribution in [0.5, 0.6) is 0 Å². The molecule has 20 heavy (non-hydrogen) atoms. The number of likely N-dealkylation sites (tertiary alicyclic amines) is 1. The molecule has 3 rings (SSSR count). The molecule has 0 aromatic carbocycles. The number of nitrogens with one attached hydrogen (secondary N) is 1. The van der Waals surface area contributed by atoms with Crippen LogP contribution in [0.25, 0.3) is 0 Å². The van der Waals surface area contributed by atoms with E-state index in [0.717, 1.165) is 39.3 Å². The van der Waals surface area contributed by atoms with Crippen molar-refractivity contribution in [2.45, 2.75) is 44.9 Å². The maximum Gasteiger partial charge on any atom is 0.236 e. The average molecular weight is 279 g/mol. The van der Waals surface area contributed by atoms with Gasteiger partial charge in [0.05, 0.1) is 6.54 Å². The summed E-state index contributed by atoms with van der Waals surface area (Å²) >= 11 is 0. The lowest BCUT2D eigenvalue weighted by Gasteiger charge is -2.44. The molecule has 1 spiro atoms. The maximum absolute atomic E-state index is 12.3. The highest BCUT2D eigenvalue weighted by Gasteiger charge is 2.36. The molecule has 2 saturated heterocycles. The van der Waals surface area contributed by atoms with Gasteiger partial charge in [-0.25, -0.2) is 0 Å². The molecule has 0 unspecified atom stereocenters. The van der Waals surface area contributed by atoms with Gasteiger partial charge in [-0.3, -0.25) is 9.69 Å². The Morgan fingerprint density at radius 3 is 2.20 bits per heavy atom. The quantitative estimate of drug-likeness (QED) is 0.831. The minimum Gasteiger partial charge on any atom is -0.339 e. The number of piperidine rings is 1. The molecule has 2 heterocycles. The average Bonchev–Trinajstić information content (AvgIpc) is 2.52. The van der Waals surface area contributed by atoms with Crippen LogP contribution in [0.15, 0.2) is 0 Å². The molecule has 0 aromatic rings. The second kappa shape index (κ2) is 6.44. The Bertz CT molecular complexity index is 323. The number of rotatable bonds is 2. The van der Waals surface area contributed by atoms with Crippen molar-refractivity contribution in [1.82, 2.24) is 15.1 Å². The van der Waals surface area contributed by atoms with Crippen molar-refractivity contribution in [1.29, 1.82) is 0 Å². The predicted molar refractivity (Wildman–Crippen MR) is 80.6 cm³/mol. The first-order chi connectivity index (χ1) is 9.77. The Morgan fingerprint density at radius 1 is 0.900 bits per heavy atom. The molecule has 1 saturated carbocycles. The molecular weight excluding hydrogens is 250 g/mol. The second-order valence-corrected chi connectivity index (χ2v) is 6.97. The predicted octanol–water partition coefficient (Wildman–Crippen LogP) is 1.46. The van der Waals surface area contributed by atoms with Crippen LogP contribution in [0.1, 0.15) is 44.9 Å². The summed E-state index contributed by atoms with van der Waals surface area (Å²) < 4.78 is 0. The summed E-state index contributed by atoms with van der Waals surface area (Å²) in [5.41, 5.74) is 0.646. The van der Waals surface area contributed by atoms with E-state index in [1.807, 2.05) is 4.90 Å². The van der Waals surface area contributed by atoms with Gasteiger partial charge in [0.15, 0.2) is 0 Å². The van der Waals surface area contributed by atoms with Crippen molar-refractivity contribution in [3.63, 3.8) is 0 Å². The van der Waals surface area contributed by atoms with Crippen molar-refractivity contribution in [3.05, 3.63) is 0 Å². The Labute approximate surface area is 122 Å². The van der Waals surface area contributed by atoms with Crippen LogP contribution < -0.4 is 5.32 Å². The van der Waals surface area contributed by atoms with Crippen LogP contribution in [-0.2, 0) is 4.79 Å². The summed E-state index contributed by atoms with van der Waals surface area (Å²) in [7, 11) is 0. The van der Waals surface area contributed by atoms with Crippen LogP contribution in [0.4, 0.5) is 0 Å². The van der Waals surface area contributed by atoms with E-state index in [2.05, 4.69) is 10.2 Å². The topological polar surface area (TPSA) is 35.6 Å². The highest BCUT2D eigenvalue weighted by atomic mass is 16.2. The summed E-state index contributed by atoms with van der Waals surface area (Å²) in [4.78, 5) is 16.7. The van der Waals surface area contributed by atoms with E-state index in [4.69, 9.17) is 0 Å². The van der Waals surface area contributed by atoms with Crippen molar-refractivity contribution in [2.24, 2.45) is 5.41 Å². The fourth-order valence-corrected chi connectivity index (χ4v) is 4.19. The molecule has 3 aliphatic rings. The van der Waals surface area contributed by atoms with E-state index in [1.165, 1.54) is 44.9 Å². The molecule has 4 nitrogen and oxygen atoms in total. The van der Waals surface area contributed by atoms with Gasteiger partial charge in [0.2, 0.25) is 5.91 Å². The van der Waals surface area contributed by atoms with E-state index in [9.17, 15) is 4.79 Å². The maximum atomic E-state index is 12.3. The Balaban J connectivity index is 1.44. The van der Waals surface area contributed by atoms with Gasteiger partial charge in [-0.15, -0.1) is 0 Å². The van der Waals surface area contributed by atoms with Crippen LogP contribution >= 0.6 is 0 Å². The Morgan fingerprint density at radius 2 is 1.55 bits per heavy atom. The fourth-order valence-electron chi connectivity index (χ4n) is 4.19. The van der Waals surface area contributed by atoms with Gasteiger partial charge in [0, 0.05) is 26.2 Å². The largest absolute Gasteiger partial charge is 0.339 e. The molecule has 1 N–H and O–H groups in total. The smallest absolute Gasteiger partial charge is 0.236 e. The van der Waals surface area contributed by atoms with Crippen molar-refractivity contribution < 1.29 is 4.79 Å². The molecule has 4 heteroatoms. The van der Waals surface area contributed by atoms with E-state index in [0.29, 0.717) is 17.9 Å². The number of piperazine rings is 1. The summed E-state index contributed by atoms with van der Waals surface area (Å²) in [5.74, 6) is 0.339. The number of amides is 1. The summed E-state index contributed by atoms with van der Waals surface area (Å²) in [6.07, 6.45) is 9.81. The van der Waals surface area contributed by atoms with Gasteiger partial charge < -0.3 is 10.2 Å². The molecule has 1 aliphatic carbocycles. The third kappa shape index (κ3) is 3.34. The lowest BCUT2D eigenvalue weighted by molar-refractivity contribution is -0.133. The van der Waals surface area contributed by atoms with Crippen molar-refractivity contribution in [2.75, 3.05) is 45.8 Å². The first-order valence-corrected chi connectivity index (χ1v) is 8.48. The molecule has 1 amide bonds. The third-order valence-corrected chi connectivity index (χ3v) is 5.66. The fraction of sp³-hybridized carbons (Fsp3) is 0.938. The SMILES string of the molecule is O=C(CN1CCC2(CCCCC2)CC1)N1CCNCC1. The van der Waals surface area contributed by atoms with E-state index < -0.39 is 0 Å². The summed E-state index contributed by atoms with van der Waals surface area (Å²) in [5, 5.41) is 3.30. The van der Waals surface area contributed by atoms with Gasteiger partial charge in [0.25, 0.3) is 0 Å². The molecule has 114 valence electrons. The first-order valence-electron chi connectivity index (χ1n) is 8.48. The van der Waals surface area contributed by atoms with Gasteiger partial charge in [-0.1, -0.05) is 19.3 Å². The van der Waals surface area contributed by atoms with Crippen LogP contribution in [-0.4, -0.2) is 61.5 Å². The van der Waals surface area contributed by atoms with E-state index in [-0.39, 0.29) is 0 Å². The Hall–Kier alpha value is -0.610. The number of carbonyl (C=O) groups is 1. The molecule has 0 atom stereocenters. The highest BCUT2D eigenvalue weighted by Crippen LogP contribution is 2.44. The van der Waals surface area contributed by atoms with E-state index >= 15 is 0 Å². The van der Waals surface area contributed by atoms with Gasteiger partial charge in [0.1, 0.15) is 0 Å². The minimum atomic E-state index is 0.339. The van der Waals surface area contributed by atoms with E-state index in [1.54, 1.807) is 0 Å². The summed E-state index contributed by atoms with van der Waals surface area (Å²) in [6.45, 7) is 6.60. The minimum absolute atomic E-state index is 0.339. The molecule has 2 aliphatic heterocycles. The highest BCUT2D eigenvalue weighted by molar-refractivity contribution is 5.78. The monoisotopic (exact) mass is 279 g/mol. The Kier molecular flexibility index (Phi) is 4.61. The molecular formula is C16H29N3O. The molecule has 0 aromatic heterocycles. The molecule has 3 fully saturated rings. The molecule has 0 bridgehead atoms. The number of nitrogens with zero attached hydrogens (tertiary/aromatic N) is 2. The van der Waals surface area contributed by atoms with Crippen molar-refractivity contribution >= 4 is 5.91 Å². The van der Waals surface area contributed by atoms with Gasteiger partial charge >= 0.3 is 0 Å². The normalized spacial score (nSPS) is 27.7. The van der Waals surface area contributed by atoms with Gasteiger partial charge in [-0.2, -0.15) is 0 Å². The first kappa shape index (κ1) is 14.3. The second-order valence-electron chi connectivity index (χ2n) is 6.97. The van der Waals surface area contributed by atoms with Crippen molar-refractivity contribution in [3.8, 4) is 0 Å². The zero-order valence-corrected chi connectivity index (χ0v) is 12.7. The lowest BCUT2D eigenvalue weighted by Crippen LogP contribution is -2.51. The van der Waals surface area contributed by atoms with Gasteiger partial charge in [-0.05, 0) is 44.2 Å².